The van der Waals surface area contributed by atoms with Crippen LogP contribution in [-0.4, -0.2) is 17.0 Å². The number of hydrogen-bond acceptors (Lipinski definition) is 2. The molecule has 2 N–H and O–H groups in total. The van der Waals surface area contributed by atoms with E-state index in [0.29, 0.717) is 10.2 Å². The molecule has 0 atom stereocenters. The second kappa shape index (κ2) is 6.88. The summed E-state index contributed by atoms with van der Waals surface area (Å²) in [5, 5.41) is 11.9. The predicted molar refractivity (Wildman–Crippen MR) is 80.9 cm³/mol. The number of anilines is 1. The molecule has 1 fully saturated rings. The topological polar surface area (TPSA) is 66.4 Å². The van der Waals surface area contributed by atoms with Crippen molar-refractivity contribution in [1.29, 1.82) is 0 Å². The summed E-state index contributed by atoms with van der Waals surface area (Å²) in [4.78, 5) is 23.2. The minimum atomic E-state index is -1.00. The molecule has 1 aromatic rings. The largest absolute Gasteiger partial charge is 0.478 e. The van der Waals surface area contributed by atoms with E-state index in [-0.39, 0.29) is 17.4 Å². The van der Waals surface area contributed by atoms with E-state index in [1.807, 2.05) is 0 Å². The molecule has 0 radical (unpaired) electrons. The van der Waals surface area contributed by atoms with Gasteiger partial charge in [-0.1, -0.05) is 41.6 Å². The lowest BCUT2D eigenvalue weighted by molar-refractivity contribution is -0.120. The molecule has 1 amide bonds. The zero-order valence-electron chi connectivity index (χ0n) is 11.2. The van der Waals surface area contributed by atoms with Crippen LogP contribution >= 0.6 is 15.9 Å². The molecule has 108 valence electrons. The molecule has 0 unspecified atom stereocenters. The van der Waals surface area contributed by atoms with Gasteiger partial charge >= 0.3 is 5.97 Å². The molecule has 0 bridgehead atoms. The summed E-state index contributed by atoms with van der Waals surface area (Å²) in [7, 11) is 0. The number of carbonyl (C=O) groups excluding carboxylic acids is 1. The lowest BCUT2D eigenvalue weighted by Gasteiger charge is -2.14. The molecule has 0 aromatic heterocycles. The zero-order chi connectivity index (χ0) is 14.5. The van der Waals surface area contributed by atoms with Crippen molar-refractivity contribution in [2.24, 2.45) is 5.92 Å². The number of nitrogens with one attached hydrogen (secondary N) is 1. The van der Waals surface area contributed by atoms with Crippen molar-refractivity contribution < 1.29 is 14.7 Å². The minimum Gasteiger partial charge on any atom is -0.478 e. The lowest BCUT2D eigenvalue weighted by Crippen LogP contribution is -2.22. The fourth-order valence-electron chi connectivity index (χ4n) is 2.57. The van der Waals surface area contributed by atoms with E-state index < -0.39 is 5.97 Å². The molecule has 1 aliphatic carbocycles. The molecular weight excluding hydrogens is 322 g/mol. The summed E-state index contributed by atoms with van der Waals surface area (Å²) in [6.45, 7) is 0. The average Bonchev–Trinajstić information content (AvgIpc) is 2.66. The van der Waals surface area contributed by atoms with Gasteiger partial charge < -0.3 is 10.4 Å². The fraction of sp³-hybridized carbons (Fsp3) is 0.467. The van der Waals surface area contributed by atoms with Gasteiger partial charge in [-0.15, -0.1) is 0 Å². The normalized spacial score (nSPS) is 16.4. The summed E-state index contributed by atoms with van der Waals surface area (Å²) >= 11 is 3.27. The van der Waals surface area contributed by atoms with Gasteiger partial charge in [-0.25, -0.2) is 4.79 Å². The SMILES string of the molecule is O=C(O)c1cc(Br)cc(NC(=O)C2CCCCCC2)c1. The first-order valence-electron chi connectivity index (χ1n) is 6.91. The lowest BCUT2D eigenvalue weighted by atomic mass is 9.99. The molecular formula is C15H18BrNO3. The Morgan fingerprint density at radius 3 is 2.35 bits per heavy atom. The van der Waals surface area contributed by atoms with E-state index in [1.165, 1.54) is 25.0 Å². The van der Waals surface area contributed by atoms with Crippen LogP contribution < -0.4 is 5.32 Å². The van der Waals surface area contributed by atoms with Crippen LogP contribution in [0.5, 0.6) is 0 Å². The highest BCUT2D eigenvalue weighted by Crippen LogP contribution is 2.25. The van der Waals surface area contributed by atoms with Gasteiger partial charge in [-0.2, -0.15) is 0 Å². The number of aromatic carboxylic acids is 1. The van der Waals surface area contributed by atoms with Gasteiger partial charge in [0.15, 0.2) is 0 Å². The van der Waals surface area contributed by atoms with Gasteiger partial charge in [0.1, 0.15) is 0 Å². The summed E-state index contributed by atoms with van der Waals surface area (Å²) in [5.41, 5.74) is 0.696. The standard InChI is InChI=1S/C15H18BrNO3/c16-12-7-11(15(19)20)8-13(9-12)17-14(18)10-5-3-1-2-4-6-10/h7-10H,1-6H2,(H,17,18)(H,19,20). The maximum absolute atomic E-state index is 12.2. The Labute approximate surface area is 126 Å². The highest BCUT2D eigenvalue weighted by atomic mass is 79.9. The molecule has 1 saturated carbocycles. The van der Waals surface area contributed by atoms with Crippen molar-refractivity contribution >= 4 is 33.5 Å². The highest BCUT2D eigenvalue weighted by molar-refractivity contribution is 9.10. The van der Waals surface area contributed by atoms with Crippen molar-refractivity contribution in [3.8, 4) is 0 Å². The first kappa shape index (κ1) is 15.0. The van der Waals surface area contributed by atoms with E-state index >= 15 is 0 Å². The Bertz CT molecular complexity index is 508. The fourth-order valence-corrected chi connectivity index (χ4v) is 3.06. The van der Waals surface area contributed by atoms with Crippen molar-refractivity contribution in [3.05, 3.63) is 28.2 Å². The first-order chi connectivity index (χ1) is 9.56. The van der Waals surface area contributed by atoms with Crippen LogP contribution in [0.25, 0.3) is 0 Å². The van der Waals surface area contributed by atoms with Crippen LogP contribution in [0.4, 0.5) is 5.69 Å². The van der Waals surface area contributed by atoms with Crippen LogP contribution in [0, 0.1) is 5.92 Å². The second-order valence-electron chi connectivity index (χ2n) is 5.21. The third-order valence-corrected chi connectivity index (χ3v) is 4.10. The van der Waals surface area contributed by atoms with Gasteiger partial charge in [0.25, 0.3) is 0 Å². The maximum Gasteiger partial charge on any atom is 0.335 e. The van der Waals surface area contributed by atoms with Gasteiger partial charge in [0.05, 0.1) is 5.56 Å². The zero-order valence-corrected chi connectivity index (χ0v) is 12.8. The van der Waals surface area contributed by atoms with Crippen molar-refractivity contribution in [2.75, 3.05) is 5.32 Å². The van der Waals surface area contributed by atoms with E-state index in [4.69, 9.17) is 5.11 Å². The number of carboxylic acid groups (broad SMARTS) is 1. The Morgan fingerprint density at radius 2 is 1.75 bits per heavy atom. The highest BCUT2D eigenvalue weighted by Gasteiger charge is 2.20. The molecule has 0 aliphatic heterocycles. The van der Waals surface area contributed by atoms with Gasteiger partial charge in [-0.3, -0.25) is 4.79 Å². The maximum atomic E-state index is 12.2. The van der Waals surface area contributed by atoms with Crippen molar-refractivity contribution in [2.45, 2.75) is 38.5 Å². The number of halogens is 1. The smallest absolute Gasteiger partial charge is 0.335 e. The molecule has 4 nitrogen and oxygen atoms in total. The third-order valence-electron chi connectivity index (χ3n) is 3.64. The van der Waals surface area contributed by atoms with E-state index in [0.717, 1.165) is 25.7 Å². The number of hydrogen-bond donors (Lipinski definition) is 2. The van der Waals surface area contributed by atoms with Crippen LogP contribution in [0.3, 0.4) is 0 Å². The second-order valence-corrected chi connectivity index (χ2v) is 6.13. The molecule has 5 heteroatoms. The summed E-state index contributed by atoms with van der Waals surface area (Å²) < 4.78 is 0.647. The Kier molecular flexibility index (Phi) is 5.17. The Hall–Kier alpha value is -1.36. The molecule has 20 heavy (non-hydrogen) atoms. The van der Waals surface area contributed by atoms with E-state index in [9.17, 15) is 9.59 Å². The van der Waals surface area contributed by atoms with Crippen LogP contribution in [0.15, 0.2) is 22.7 Å². The molecule has 0 spiro atoms. The number of amides is 1. The molecule has 1 aromatic carbocycles. The quantitative estimate of drug-likeness (QED) is 0.816. The summed E-state index contributed by atoms with van der Waals surface area (Å²) in [5.74, 6) is -0.956. The van der Waals surface area contributed by atoms with Crippen LogP contribution in [0.2, 0.25) is 0 Å². The monoisotopic (exact) mass is 339 g/mol. The van der Waals surface area contributed by atoms with Crippen molar-refractivity contribution in [3.63, 3.8) is 0 Å². The summed E-state index contributed by atoms with van der Waals surface area (Å²) in [6.07, 6.45) is 6.43. The van der Waals surface area contributed by atoms with E-state index in [2.05, 4.69) is 21.2 Å². The van der Waals surface area contributed by atoms with Gasteiger partial charge in [-0.05, 0) is 31.0 Å². The number of carbonyl (C=O) groups is 2. The Morgan fingerprint density at radius 1 is 1.10 bits per heavy atom. The van der Waals surface area contributed by atoms with E-state index in [1.54, 1.807) is 6.07 Å². The van der Waals surface area contributed by atoms with Gasteiger partial charge in [0.2, 0.25) is 5.91 Å². The summed E-state index contributed by atoms with van der Waals surface area (Å²) in [6, 6.07) is 4.73. The molecule has 0 saturated heterocycles. The average molecular weight is 340 g/mol. The Balaban J connectivity index is 2.08. The minimum absolute atomic E-state index is 0.00124. The molecule has 2 rings (SSSR count). The van der Waals surface area contributed by atoms with Crippen LogP contribution in [0.1, 0.15) is 48.9 Å². The number of rotatable bonds is 3. The van der Waals surface area contributed by atoms with Crippen LogP contribution in [-0.2, 0) is 4.79 Å². The molecule has 1 aliphatic rings. The third kappa shape index (κ3) is 4.07. The first-order valence-corrected chi connectivity index (χ1v) is 7.70. The predicted octanol–water partition coefficient (Wildman–Crippen LogP) is 4.06. The number of benzene rings is 1. The molecule has 0 heterocycles. The van der Waals surface area contributed by atoms with Gasteiger partial charge in [0, 0.05) is 16.1 Å². The van der Waals surface area contributed by atoms with Crippen molar-refractivity contribution in [1.82, 2.24) is 0 Å². The number of carboxylic acids is 1.